The Hall–Kier alpha value is -3.22. The molecule has 4 rings (SSSR count). The lowest BCUT2D eigenvalue weighted by molar-refractivity contribution is 0.0454. The molecule has 3 aromatic rings. The summed E-state index contributed by atoms with van der Waals surface area (Å²) in [5.74, 6) is -0.468. The van der Waals surface area contributed by atoms with E-state index >= 15 is 0 Å². The summed E-state index contributed by atoms with van der Waals surface area (Å²) in [5.41, 5.74) is 1.81. The number of rotatable bonds is 5. The van der Waals surface area contributed by atoms with Gasteiger partial charge >= 0.3 is 0 Å². The van der Waals surface area contributed by atoms with E-state index in [0.717, 1.165) is 12.0 Å². The lowest BCUT2D eigenvalue weighted by Gasteiger charge is -2.41. The molecular weight excluding hydrogens is 352 g/mol. The summed E-state index contributed by atoms with van der Waals surface area (Å²) in [6.07, 6.45) is 0.831. The first kappa shape index (κ1) is 17.2. The fourth-order valence-corrected chi connectivity index (χ4v) is 3.07. The molecule has 1 fully saturated rings. The van der Waals surface area contributed by atoms with Gasteiger partial charge in [-0.1, -0.05) is 18.2 Å². The molecule has 0 unspecified atom stereocenters. The number of ether oxygens (including phenoxy) is 1. The molecule has 0 saturated carbocycles. The molecule has 1 aliphatic heterocycles. The molecule has 1 atom stereocenters. The van der Waals surface area contributed by atoms with Crippen LogP contribution in [-0.4, -0.2) is 27.5 Å². The molecule has 0 bridgehead atoms. The molecule has 2 aromatic carbocycles. The highest BCUT2D eigenvalue weighted by molar-refractivity contribution is 5.93. The summed E-state index contributed by atoms with van der Waals surface area (Å²) in [6.45, 7) is 0.772. The SMILES string of the molecule is O=C(c1cc(COc2cccc(F)c2)[nH]n1)N1CC[C@H]1c1ccc(F)cc1. The van der Waals surface area contributed by atoms with E-state index in [-0.39, 0.29) is 30.2 Å². The fraction of sp³-hybridized carbons (Fsp3) is 0.200. The number of carbonyl (C=O) groups excluding carboxylic acids is 1. The third-order valence-electron chi connectivity index (χ3n) is 4.58. The van der Waals surface area contributed by atoms with Crippen molar-refractivity contribution in [3.63, 3.8) is 0 Å². The number of hydrogen-bond donors (Lipinski definition) is 1. The number of H-pyrrole nitrogens is 1. The largest absolute Gasteiger partial charge is 0.487 e. The van der Waals surface area contributed by atoms with E-state index in [2.05, 4.69) is 10.2 Å². The number of carbonyl (C=O) groups is 1. The standard InChI is InChI=1S/C20H17F2N3O2/c21-14-6-4-13(5-7-14)19-8-9-25(19)20(26)18-11-16(23-24-18)12-27-17-3-1-2-15(22)10-17/h1-7,10-11,19H,8-9,12H2,(H,23,24)/t19-/m0/s1. The third-order valence-corrected chi connectivity index (χ3v) is 4.58. The first-order valence-corrected chi connectivity index (χ1v) is 8.59. The Morgan fingerprint density at radius 1 is 1.15 bits per heavy atom. The number of aromatic amines is 1. The van der Waals surface area contributed by atoms with Gasteiger partial charge < -0.3 is 9.64 Å². The normalized spacial score (nSPS) is 16.1. The van der Waals surface area contributed by atoms with Crippen molar-refractivity contribution < 1.29 is 18.3 Å². The van der Waals surface area contributed by atoms with Crippen molar-refractivity contribution in [1.82, 2.24) is 15.1 Å². The first-order valence-electron chi connectivity index (χ1n) is 8.59. The van der Waals surface area contributed by atoms with E-state index in [9.17, 15) is 13.6 Å². The van der Waals surface area contributed by atoms with Gasteiger partial charge in [0.2, 0.25) is 0 Å². The number of aromatic nitrogens is 2. The van der Waals surface area contributed by atoms with E-state index in [0.29, 0.717) is 23.7 Å². The molecule has 0 aliphatic carbocycles. The van der Waals surface area contributed by atoms with Gasteiger partial charge in [0.05, 0.1) is 11.7 Å². The maximum Gasteiger partial charge on any atom is 0.274 e. The summed E-state index contributed by atoms with van der Waals surface area (Å²) in [5, 5.41) is 6.83. The van der Waals surface area contributed by atoms with Gasteiger partial charge in [0.15, 0.2) is 5.69 Å². The van der Waals surface area contributed by atoms with Gasteiger partial charge in [-0.05, 0) is 42.3 Å². The first-order chi connectivity index (χ1) is 13.1. The lowest BCUT2D eigenvalue weighted by Crippen LogP contribution is -2.45. The summed E-state index contributed by atoms with van der Waals surface area (Å²) >= 11 is 0. The summed E-state index contributed by atoms with van der Waals surface area (Å²) in [4.78, 5) is 14.4. The molecular formula is C20H17F2N3O2. The van der Waals surface area contributed by atoms with Gasteiger partial charge in [0.25, 0.3) is 5.91 Å². The van der Waals surface area contributed by atoms with E-state index in [1.807, 2.05) is 0 Å². The van der Waals surface area contributed by atoms with Crippen molar-refractivity contribution in [1.29, 1.82) is 0 Å². The van der Waals surface area contributed by atoms with Crippen LogP contribution in [0.5, 0.6) is 5.75 Å². The van der Waals surface area contributed by atoms with Gasteiger partial charge in [-0.25, -0.2) is 8.78 Å². The van der Waals surface area contributed by atoms with Gasteiger partial charge in [0, 0.05) is 12.6 Å². The van der Waals surface area contributed by atoms with Crippen LogP contribution in [0.3, 0.4) is 0 Å². The van der Waals surface area contributed by atoms with Crippen LogP contribution in [0, 0.1) is 11.6 Å². The Kier molecular flexibility index (Phi) is 4.58. The van der Waals surface area contributed by atoms with Crippen molar-refractivity contribution >= 4 is 5.91 Å². The molecule has 138 valence electrons. The molecule has 2 heterocycles. The molecule has 0 radical (unpaired) electrons. The van der Waals surface area contributed by atoms with Crippen LogP contribution in [0.15, 0.2) is 54.6 Å². The van der Waals surface area contributed by atoms with Crippen LogP contribution in [0.1, 0.15) is 34.2 Å². The van der Waals surface area contributed by atoms with E-state index in [4.69, 9.17) is 4.74 Å². The number of nitrogens with zero attached hydrogens (tertiary/aromatic N) is 2. The number of hydrogen-bond acceptors (Lipinski definition) is 3. The minimum absolute atomic E-state index is 0.0678. The maximum atomic E-state index is 13.2. The average Bonchev–Trinajstić information content (AvgIpc) is 3.10. The van der Waals surface area contributed by atoms with Crippen LogP contribution in [0.25, 0.3) is 0 Å². The monoisotopic (exact) mass is 369 g/mol. The van der Waals surface area contributed by atoms with Crippen molar-refractivity contribution in [2.75, 3.05) is 6.54 Å². The second kappa shape index (κ2) is 7.19. The van der Waals surface area contributed by atoms with Crippen molar-refractivity contribution in [3.05, 3.63) is 83.2 Å². The predicted molar refractivity (Wildman–Crippen MR) is 94.1 cm³/mol. The molecule has 5 nitrogen and oxygen atoms in total. The molecule has 0 spiro atoms. The van der Waals surface area contributed by atoms with Crippen molar-refractivity contribution in [2.45, 2.75) is 19.1 Å². The molecule has 1 N–H and O–H groups in total. The van der Waals surface area contributed by atoms with Gasteiger partial charge in [-0.15, -0.1) is 0 Å². The smallest absolute Gasteiger partial charge is 0.274 e. The second-order valence-corrected chi connectivity index (χ2v) is 6.38. The van der Waals surface area contributed by atoms with Crippen molar-refractivity contribution in [3.8, 4) is 5.75 Å². The maximum absolute atomic E-state index is 13.2. The second-order valence-electron chi connectivity index (χ2n) is 6.38. The van der Waals surface area contributed by atoms with Crippen LogP contribution in [-0.2, 0) is 6.61 Å². The van der Waals surface area contributed by atoms with Crippen LogP contribution in [0.4, 0.5) is 8.78 Å². The Labute approximate surface area is 154 Å². The quantitative estimate of drug-likeness (QED) is 0.743. The van der Waals surface area contributed by atoms with E-state index in [1.54, 1.807) is 35.2 Å². The Morgan fingerprint density at radius 2 is 1.96 bits per heavy atom. The molecule has 7 heteroatoms. The Balaban J connectivity index is 1.40. The summed E-state index contributed by atoms with van der Waals surface area (Å²) in [6, 6.07) is 13.6. The highest BCUT2D eigenvalue weighted by Crippen LogP contribution is 2.34. The van der Waals surface area contributed by atoms with E-state index in [1.165, 1.54) is 24.3 Å². The fourth-order valence-electron chi connectivity index (χ4n) is 3.07. The Morgan fingerprint density at radius 3 is 2.67 bits per heavy atom. The summed E-state index contributed by atoms with van der Waals surface area (Å²) in [7, 11) is 0. The van der Waals surface area contributed by atoms with Gasteiger partial charge in [-0.3, -0.25) is 9.89 Å². The average molecular weight is 369 g/mol. The molecule has 27 heavy (non-hydrogen) atoms. The highest BCUT2D eigenvalue weighted by atomic mass is 19.1. The topological polar surface area (TPSA) is 58.2 Å². The number of likely N-dealkylation sites (tertiary alicyclic amines) is 1. The zero-order valence-corrected chi connectivity index (χ0v) is 14.4. The third kappa shape index (κ3) is 3.67. The predicted octanol–water partition coefficient (Wildman–Crippen LogP) is 3.85. The van der Waals surface area contributed by atoms with Gasteiger partial charge in [-0.2, -0.15) is 5.10 Å². The number of nitrogens with one attached hydrogen (secondary N) is 1. The minimum atomic E-state index is -0.377. The van der Waals surface area contributed by atoms with Crippen LogP contribution >= 0.6 is 0 Å². The molecule has 1 aliphatic rings. The van der Waals surface area contributed by atoms with Crippen LogP contribution in [0.2, 0.25) is 0 Å². The minimum Gasteiger partial charge on any atom is -0.487 e. The number of benzene rings is 2. The Bertz CT molecular complexity index is 956. The zero-order chi connectivity index (χ0) is 18.8. The number of amides is 1. The van der Waals surface area contributed by atoms with Crippen LogP contribution < -0.4 is 4.74 Å². The molecule has 1 aromatic heterocycles. The zero-order valence-electron chi connectivity index (χ0n) is 14.4. The van der Waals surface area contributed by atoms with Crippen molar-refractivity contribution in [2.24, 2.45) is 0 Å². The van der Waals surface area contributed by atoms with Gasteiger partial charge in [0.1, 0.15) is 24.0 Å². The summed E-state index contributed by atoms with van der Waals surface area (Å²) < 4.78 is 31.7. The molecule has 1 saturated heterocycles. The molecule has 1 amide bonds. The number of halogens is 2. The van der Waals surface area contributed by atoms with E-state index < -0.39 is 0 Å². The highest BCUT2D eigenvalue weighted by Gasteiger charge is 2.34. The lowest BCUT2D eigenvalue weighted by atomic mass is 9.94.